The number of phenols is 1. The molecule has 2 aromatic rings. The summed E-state index contributed by atoms with van der Waals surface area (Å²) >= 11 is 0. The van der Waals surface area contributed by atoms with Gasteiger partial charge < -0.3 is 10.4 Å². The fraction of sp³-hybridized carbons (Fsp3) is 0.333. The average molecular weight is 229 g/mol. The number of hydrogen-bond acceptors (Lipinski definition) is 2. The number of fused-ring (bicyclic) bond motifs is 1. The van der Waals surface area contributed by atoms with Gasteiger partial charge in [0, 0.05) is 11.9 Å². The zero-order valence-corrected chi connectivity index (χ0v) is 10.4. The summed E-state index contributed by atoms with van der Waals surface area (Å²) in [5.74, 6) is 0.856. The van der Waals surface area contributed by atoms with Crippen LogP contribution in [-0.2, 0) is 0 Å². The van der Waals surface area contributed by atoms with Gasteiger partial charge in [-0.05, 0) is 36.4 Å². The second kappa shape index (κ2) is 5.19. The Hall–Kier alpha value is -1.54. The topological polar surface area (TPSA) is 32.3 Å². The van der Waals surface area contributed by atoms with Crippen LogP contribution in [0.15, 0.2) is 36.4 Å². The van der Waals surface area contributed by atoms with E-state index in [0.29, 0.717) is 11.7 Å². The fourth-order valence-corrected chi connectivity index (χ4v) is 2.38. The van der Waals surface area contributed by atoms with E-state index in [1.54, 1.807) is 6.07 Å². The van der Waals surface area contributed by atoms with Crippen molar-refractivity contribution in [1.29, 1.82) is 0 Å². The van der Waals surface area contributed by atoms with Crippen molar-refractivity contribution in [3.8, 4) is 5.75 Å². The van der Waals surface area contributed by atoms with Crippen molar-refractivity contribution in [2.24, 2.45) is 0 Å². The summed E-state index contributed by atoms with van der Waals surface area (Å²) in [6, 6.07) is 11.9. The predicted octanol–water partition coefficient (Wildman–Crippen LogP) is 3.26. The van der Waals surface area contributed by atoms with Gasteiger partial charge in [0.1, 0.15) is 5.75 Å². The van der Waals surface area contributed by atoms with Crippen LogP contribution in [0.1, 0.15) is 24.8 Å². The van der Waals surface area contributed by atoms with Crippen LogP contribution in [0, 0.1) is 0 Å². The first-order valence-corrected chi connectivity index (χ1v) is 6.13. The number of nitrogens with one attached hydrogen (secondary N) is 1. The standard InChI is InChI=1S/C15H19NO/c1-3-11(10-16-2)12-8-9-15(17)14-7-5-4-6-13(12)14/h4-9,11,16-17H,3,10H2,1-2H3. The third kappa shape index (κ3) is 2.27. The molecule has 0 bridgehead atoms. The van der Waals surface area contributed by atoms with Gasteiger partial charge in [0.05, 0.1) is 0 Å². The smallest absolute Gasteiger partial charge is 0.123 e. The molecule has 0 radical (unpaired) electrons. The number of aromatic hydroxyl groups is 1. The monoisotopic (exact) mass is 229 g/mol. The van der Waals surface area contributed by atoms with Gasteiger partial charge in [-0.3, -0.25) is 0 Å². The van der Waals surface area contributed by atoms with E-state index >= 15 is 0 Å². The van der Waals surface area contributed by atoms with Crippen LogP contribution in [0.25, 0.3) is 10.8 Å². The van der Waals surface area contributed by atoms with Crippen molar-refractivity contribution in [3.63, 3.8) is 0 Å². The van der Waals surface area contributed by atoms with Crippen molar-refractivity contribution >= 4 is 10.8 Å². The number of phenolic OH excluding ortho intramolecular Hbond substituents is 1. The zero-order valence-electron chi connectivity index (χ0n) is 10.4. The van der Waals surface area contributed by atoms with Gasteiger partial charge in [0.2, 0.25) is 0 Å². The molecule has 17 heavy (non-hydrogen) atoms. The summed E-state index contributed by atoms with van der Waals surface area (Å²) in [4.78, 5) is 0. The molecule has 0 saturated carbocycles. The molecular weight excluding hydrogens is 210 g/mol. The van der Waals surface area contributed by atoms with Gasteiger partial charge in [0.25, 0.3) is 0 Å². The minimum absolute atomic E-state index is 0.365. The minimum Gasteiger partial charge on any atom is -0.507 e. The highest BCUT2D eigenvalue weighted by Crippen LogP contribution is 2.32. The maximum absolute atomic E-state index is 9.86. The van der Waals surface area contributed by atoms with E-state index in [0.717, 1.165) is 23.7 Å². The lowest BCUT2D eigenvalue weighted by Crippen LogP contribution is -2.16. The van der Waals surface area contributed by atoms with Gasteiger partial charge in [-0.1, -0.05) is 37.3 Å². The lowest BCUT2D eigenvalue weighted by atomic mass is 9.91. The molecule has 2 nitrogen and oxygen atoms in total. The Morgan fingerprint density at radius 1 is 1.12 bits per heavy atom. The maximum Gasteiger partial charge on any atom is 0.123 e. The van der Waals surface area contributed by atoms with Crippen molar-refractivity contribution < 1.29 is 5.11 Å². The number of hydrogen-bond donors (Lipinski definition) is 2. The molecule has 0 spiro atoms. The van der Waals surface area contributed by atoms with Crippen LogP contribution in [0.2, 0.25) is 0 Å². The van der Waals surface area contributed by atoms with Crippen LogP contribution < -0.4 is 5.32 Å². The van der Waals surface area contributed by atoms with Gasteiger partial charge in [0.15, 0.2) is 0 Å². The average Bonchev–Trinajstić information content (AvgIpc) is 2.37. The first-order valence-electron chi connectivity index (χ1n) is 6.13. The number of likely N-dealkylation sites (N-methyl/N-ethyl adjacent to an activating group) is 1. The molecule has 0 aliphatic rings. The Morgan fingerprint density at radius 2 is 1.82 bits per heavy atom. The van der Waals surface area contributed by atoms with E-state index in [9.17, 15) is 5.11 Å². The largest absolute Gasteiger partial charge is 0.507 e. The second-order valence-corrected chi connectivity index (χ2v) is 4.38. The lowest BCUT2D eigenvalue weighted by Gasteiger charge is -2.17. The van der Waals surface area contributed by atoms with Crippen molar-refractivity contribution in [2.45, 2.75) is 19.3 Å². The van der Waals surface area contributed by atoms with Crippen LogP contribution in [0.5, 0.6) is 5.75 Å². The van der Waals surface area contributed by atoms with E-state index < -0.39 is 0 Å². The van der Waals surface area contributed by atoms with Crippen molar-refractivity contribution in [1.82, 2.24) is 5.32 Å². The third-order valence-electron chi connectivity index (χ3n) is 3.32. The van der Waals surface area contributed by atoms with Crippen LogP contribution in [0.3, 0.4) is 0 Å². The third-order valence-corrected chi connectivity index (χ3v) is 3.32. The molecule has 0 heterocycles. The summed E-state index contributed by atoms with van der Waals surface area (Å²) in [6.45, 7) is 3.16. The minimum atomic E-state index is 0.365. The molecule has 2 rings (SSSR count). The number of rotatable bonds is 4. The Labute approximate surface area is 102 Å². The molecule has 0 amide bonds. The van der Waals surface area contributed by atoms with E-state index in [2.05, 4.69) is 18.3 Å². The SMILES string of the molecule is CCC(CNC)c1ccc(O)c2ccccc12. The Bertz CT molecular complexity index is 507. The highest BCUT2D eigenvalue weighted by Gasteiger charge is 2.13. The van der Waals surface area contributed by atoms with E-state index in [4.69, 9.17) is 0 Å². The molecule has 0 aliphatic heterocycles. The predicted molar refractivity (Wildman–Crippen MR) is 72.6 cm³/mol. The van der Waals surface area contributed by atoms with Crippen LogP contribution in [-0.4, -0.2) is 18.7 Å². The molecule has 1 unspecified atom stereocenters. The van der Waals surface area contributed by atoms with E-state index in [1.165, 1.54) is 5.56 Å². The summed E-state index contributed by atoms with van der Waals surface area (Å²) in [6.07, 6.45) is 1.09. The Morgan fingerprint density at radius 3 is 2.47 bits per heavy atom. The van der Waals surface area contributed by atoms with Gasteiger partial charge >= 0.3 is 0 Å². The second-order valence-electron chi connectivity index (χ2n) is 4.38. The lowest BCUT2D eigenvalue weighted by molar-refractivity contribution is 0.481. The zero-order chi connectivity index (χ0) is 12.3. The first kappa shape index (κ1) is 11.9. The molecule has 2 aromatic carbocycles. The van der Waals surface area contributed by atoms with E-state index in [1.807, 2.05) is 31.3 Å². The molecule has 2 heteroatoms. The molecule has 90 valence electrons. The van der Waals surface area contributed by atoms with Crippen LogP contribution in [0.4, 0.5) is 0 Å². The van der Waals surface area contributed by atoms with Crippen LogP contribution >= 0.6 is 0 Å². The van der Waals surface area contributed by atoms with Crippen molar-refractivity contribution in [2.75, 3.05) is 13.6 Å². The van der Waals surface area contributed by atoms with Gasteiger partial charge in [-0.2, -0.15) is 0 Å². The quantitative estimate of drug-likeness (QED) is 0.843. The Balaban J connectivity index is 2.57. The summed E-state index contributed by atoms with van der Waals surface area (Å²) in [5, 5.41) is 15.2. The normalized spacial score (nSPS) is 12.8. The fourth-order valence-electron chi connectivity index (χ4n) is 2.38. The Kier molecular flexibility index (Phi) is 3.64. The van der Waals surface area contributed by atoms with Crippen molar-refractivity contribution in [3.05, 3.63) is 42.0 Å². The molecule has 0 aromatic heterocycles. The molecule has 1 atom stereocenters. The first-order chi connectivity index (χ1) is 8.27. The molecule has 0 fully saturated rings. The summed E-state index contributed by atoms with van der Waals surface area (Å²) in [7, 11) is 1.98. The molecular formula is C15H19NO. The van der Waals surface area contributed by atoms with Gasteiger partial charge in [-0.15, -0.1) is 0 Å². The molecule has 0 saturated heterocycles. The molecule has 2 N–H and O–H groups in total. The highest BCUT2D eigenvalue weighted by molar-refractivity contribution is 5.91. The number of benzene rings is 2. The maximum atomic E-state index is 9.86. The van der Waals surface area contributed by atoms with E-state index in [-0.39, 0.29) is 0 Å². The highest BCUT2D eigenvalue weighted by atomic mass is 16.3. The summed E-state index contributed by atoms with van der Waals surface area (Å²) in [5.41, 5.74) is 1.32. The summed E-state index contributed by atoms with van der Waals surface area (Å²) < 4.78 is 0. The molecule has 0 aliphatic carbocycles. The van der Waals surface area contributed by atoms with Gasteiger partial charge in [-0.25, -0.2) is 0 Å².